The monoisotopic (exact) mass is 259 g/mol. The molecular formula is C15H21N3O. The van der Waals surface area contributed by atoms with Crippen LogP contribution in [0.3, 0.4) is 0 Å². The molecule has 0 aliphatic carbocycles. The van der Waals surface area contributed by atoms with E-state index in [1.807, 2.05) is 36.0 Å². The molecular weight excluding hydrogens is 238 g/mol. The average molecular weight is 259 g/mol. The van der Waals surface area contributed by atoms with E-state index >= 15 is 0 Å². The first-order chi connectivity index (χ1) is 9.29. The fourth-order valence-electron chi connectivity index (χ4n) is 1.97. The summed E-state index contributed by atoms with van der Waals surface area (Å²) >= 11 is 0. The van der Waals surface area contributed by atoms with Gasteiger partial charge < -0.3 is 10.1 Å². The Kier molecular flexibility index (Phi) is 4.98. The molecule has 0 saturated carbocycles. The Morgan fingerprint density at radius 3 is 2.74 bits per heavy atom. The van der Waals surface area contributed by atoms with Crippen molar-refractivity contribution in [3.8, 4) is 5.75 Å². The summed E-state index contributed by atoms with van der Waals surface area (Å²) in [6, 6.07) is 10.5. The van der Waals surface area contributed by atoms with Crippen LogP contribution < -0.4 is 10.1 Å². The normalized spacial score (nSPS) is 12.3. The van der Waals surface area contributed by atoms with Crippen molar-refractivity contribution in [2.45, 2.75) is 26.4 Å². The summed E-state index contributed by atoms with van der Waals surface area (Å²) in [4.78, 5) is 0. The second kappa shape index (κ2) is 6.95. The highest BCUT2D eigenvalue weighted by Gasteiger charge is 2.04. The summed E-state index contributed by atoms with van der Waals surface area (Å²) in [6.45, 7) is 6.65. The average Bonchev–Trinajstić information content (AvgIpc) is 2.93. The molecule has 0 aliphatic rings. The lowest BCUT2D eigenvalue weighted by atomic mass is 10.1. The fraction of sp³-hybridized carbons (Fsp3) is 0.400. The maximum Gasteiger partial charge on any atom is 0.119 e. The van der Waals surface area contributed by atoms with Crippen LogP contribution in [0.1, 0.15) is 25.5 Å². The Labute approximate surface area is 114 Å². The van der Waals surface area contributed by atoms with Gasteiger partial charge in [0.05, 0.1) is 13.2 Å². The van der Waals surface area contributed by atoms with E-state index in [2.05, 4.69) is 29.5 Å². The Bertz CT molecular complexity index is 465. The van der Waals surface area contributed by atoms with Crippen molar-refractivity contribution in [3.05, 3.63) is 48.3 Å². The summed E-state index contributed by atoms with van der Waals surface area (Å²) in [5.41, 5.74) is 1.27. The zero-order valence-corrected chi connectivity index (χ0v) is 11.5. The molecule has 0 fully saturated rings. The molecule has 0 bridgehead atoms. The zero-order chi connectivity index (χ0) is 13.5. The summed E-state index contributed by atoms with van der Waals surface area (Å²) < 4.78 is 7.37. The first-order valence-corrected chi connectivity index (χ1v) is 6.73. The molecule has 19 heavy (non-hydrogen) atoms. The zero-order valence-electron chi connectivity index (χ0n) is 11.5. The third-order valence-electron chi connectivity index (χ3n) is 3.04. The molecule has 2 aromatic rings. The molecule has 0 radical (unpaired) electrons. The molecule has 102 valence electrons. The molecule has 0 amide bonds. The van der Waals surface area contributed by atoms with Gasteiger partial charge in [-0.2, -0.15) is 5.10 Å². The molecule has 4 nitrogen and oxygen atoms in total. The van der Waals surface area contributed by atoms with Gasteiger partial charge in [-0.1, -0.05) is 12.1 Å². The van der Waals surface area contributed by atoms with E-state index in [0.717, 1.165) is 18.8 Å². The van der Waals surface area contributed by atoms with Crippen LogP contribution in [0, 0.1) is 0 Å². The molecule has 0 aliphatic heterocycles. The lowest BCUT2D eigenvalue weighted by Crippen LogP contribution is -2.23. The minimum Gasteiger partial charge on any atom is -0.494 e. The van der Waals surface area contributed by atoms with Gasteiger partial charge in [0.1, 0.15) is 5.75 Å². The standard InChI is InChI=1S/C15H21N3O/c1-3-19-15-7-5-14(6-8-15)13(2)16-10-12-18-11-4-9-17-18/h4-9,11,13,16H,3,10,12H2,1-2H3. The lowest BCUT2D eigenvalue weighted by Gasteiger charge is -2.15. The van der Waals surface area contributed by atoms with Gasteiger partial charge in [-0.3, -0.25) is 4.68 Å². The minimum atomic E-state index is 0.325. The number of nitrogens with one attached hydrogen (secondary N) is 1. The van der Waals surface area contributed by atoms with Gasteiger partial charge >= 0.3 is 0 Å². The molecule has 1 heterocycles. The molecule has 1 N–H and O–H groups in total. The SMILES string of the molecule is CCOc1ccc(C(C)NCCn2cccn2)cc1. The minimum absolute atomic E-state index is 0.325. The molecule has 1 atom stereocenters. The second-order valence-corrected chi connectivity index (χ2v) is 4.45. The summed E-state index contributed by atoms with van der Waals surface area (Å²) in [5, 5.41) is 7.67. The number of ether oxygens (including phenoxy) is 1. The van der Waals surface area contributed by atoms with Crippen LogP contribution in [0.4, 0.5) is 0 Å². The van der Waals surface area contributed by atoms with Crippen molar-refractivity contribution in [3.63, 3.8) is 0 Å². The first kappa shape index (κ1) is 13.6. The van der Waals surface area contributed by atoms with Crippen LogP contribution >= 0.6 is 0 Å². The highest BCUT2D eigenvalue weighted by Crippen LogP contribution is 2.17. The van der Waals surface area contributed by atoms with Gasteiger partial charge in [0.25, 0.3) is 0 Å². The Morgan fingerprint density at radius 1 is 1.32 bits per heavy atom. The predicted molar refractivity (Wildman–Crippen MR) is 76.3 cm³/mol. The molecule has 0 spiro atoms. The number of aromatic nitrogens is 2. The van der Waals surface area contributed by atoms with E-state index in [0.29, 0.717) is 12.6 Å². The Morgan fingerprint density at radius 2 is 2.11 bits per heavy atom. The predicted octanol–water partition coefficient (Wildman–Crippen LogP) is 2.63. The number of benzene rings is 1. The van der Waals surface area contributed by atoms with Crippen LogP contribution in [-0.4, -0.2) is 22.9 Å². The summed E-state index contributed by atoms with van der Waals surface area (Å²) in [7, 11) is 0. The maximum absolute atomic E-state index is 5.44. The Hall–Kier alpha value is -1.81. The number of nitrogens with zero attached hydrogens (tertiary/aromatic N) is 2. The molecule has 2 rings (SSSR count). The lowest BCUT2D eigenvalue weighted by molar-refractivity contribution is 0.340. The van der Waals surface area contributed by atoms with Crippen molar-refractivity contribution >= 4 is 0 Å². The maximum atomic E-state index is 5.44. The quantitative estimate of drug-likeness (QED) is 0.831. The smallest absolute Gasteiger partial charge is 0.119 e. The van der Waals surface area contributed by atoms with Crippen LogP contribution in [-0.2, 0) is 6.54 Å². The van der Waals surface area contributed by atoms with Crippen molar-refractivity contribution in [2.75, 3.05) is 13.2 Å². The number of hydrogen-bond donors (Lipinski definition) is 1. The van der Waals surface area contributed by atoms with Crippen LogP contribution in [0.25, 0.3) is 0 Å². The van der Waals surface area contributed by atoms with Crippen molar-refractivity contribution in [1.82, 2.24) is 15.1 Å². The van der Waals surface area contributed by atoms with E-state index < -0.39 is 0 Å². The molecule has 0 saturated heterocycles. The highest BCUT2D eigenvalue weighted by molar-refractivity contribution is 5.28. The summed E-state index contributed by atoms with van der Waals surface area (Å²) in [5.74, 6) is 0.926. The van der Waals surface area contributed by atoms with E-state index in [1.54, 1.807) is 6.20 Å². The number of hydrogen-bond acceptors (Lipinski definition) is 3. The largest absolute Gasteiger partial charge is 0.494 e. The molecule has 1 unspecified atom stereocenters. The topological polar surface area (TPSA) is 39.1 Å². The van der Waals surface area contributed by atoms with Crippen LogP contribution in [0.2, 0.25) is 0 Å². The van der Waals surface area contributed by atoms with Gasteiger partial charge in [-0.25, -0.2) is 0 Å². The van der Waals surface area contributed by atoms with Crippen molar-refractivity contribution in [1.29, 1.82) is 0 Å². The van der Waals surface area contributed by atoms with E-state index in [9.17, 15) is 0 Å². The van der Waals surface area contributed by atoms with Crippen LogP contribution in [0.5, 0.6) is 5.75 Å². The third kappa shape index (κ3) is 4.10. The van der Waals surface area contributed by atoms with Gasteiger partial charge in [0, 0.05) is 25.0 Å². The van der Waals surface area contributed by atoms with Gasteiger partial charge in [-0.15, -0.1) is 0 Å². The van der Waals surface area contributed by atoms with Crippen molar-refractivity contribution < 1.29 is 4.74 Å². The molecule has 4 heteroatoms. The second-order valence-electron chi connectivity index (χ2n) is 4.45. The van der Waals surface area contributed by atoms with Gasteiger partial charge in [0.15, 0.2) is 0 Å². The highest BCUT2D eigenvalue weighted by atomic mass is 16.5. The molecule has 1 aromatic heterocycles. The van der Waals surface area contributed by atoms with E-state index in [-0.39, 0.29) is 0 Å². The fourth-order valence-corrected chi connectivity index (χ4v) is 1.97. The van der Waals surface area contributed by atoms with Gasteiger partial charge in [-0.05, 0) is 37.6 Å². The Balaban J connectivity index is 1.80. The van der Waals surface area contributed by atoms with Gasteiger partial charge in [0.2, 0.25) is 0 Å². The first-order valence-electron chi connectivity index (χ1n) is 6.73. The third-order valence-corrected chi connectivity index (χ3v) is 3.04. The van der Waals surface area contributed by atoms with Crippen molar-refractivity contribution in [2.24, 2.45) is 0 Å². The summed E-state index contributed by atoms with van der Waals surface area (Å²) in [6.07, 6.45) is 3.78. The van der Waals surface area contributed by atoms with E-state index in [1.165, 1.54) is 5.56 Å². The van der Waals surface area contributed by atoms with Crippen LogP contribution in [0.15, 0.2) is 42.7 Å². The van der Waals surface area contributed by atoms with E-state index in [4.69, 9.17) is 4.74 Å². The number of rotatable bonds is 7. The molecule has 1 aromatic carbocycles.